The molecule has 78 heavy (non-hydrogen) atoms. The van der Waals surface area contributed by atoms with Crippen LogP contribution >= 0.6 is 0 Å². The van der Waals surface area contributed by atoms with E-state index >= 15 is 0 Å². The number of ether oxygens (including phenoxy) is 2. The summed E-state index contributed by atoms with van der Waals surface area (Å²) in [5, 5.41) is 6.14. The number of pyridine rings is 2. The fraction of sp³-hybridized carbons (Fsp3) is 0.314. The number of nitrogens with one attached hydrogen (secondary N) is 2. The summed E-state index contributed by atoms with van der Waals surface area (Å²) in [6.07, 6.45) is 10.1. The van der Waals surface area contributed by atoms with Crippen LogP contribution in [0.3, 0.4) is 0 Å². The van der Waals surface area contributed by atoms with Crippen LogP contribution in [0, 0.1) is 0 Å². The molecule has 8 nitrogen and oxygen atoms in total. The first-order valence-electron chi connectivity index (χ1n) is 28.0. The lowest BCUT2D eigenvalue weighted by Crippen LogP contribution is -2.29. The molecule has 402 valence electrons. The first kappa shape index (κ1) is 56.4. The zero-order valence-corrected chi connectivity index (χ0v) is 46.7. The second-order valence-corrected chi connectivity index (χ2v) is 22.5. The second kappa shape index (κ2) is 27.5. The number of aromatic nitrogens is 2. The molecule has 4 aliphatic heterocycles. The molecule has 0 spiro atoms. The number of carbonyl (C=O) groups is 2. The van der Waals surface area contributed by atoms with Gasteiger partial charge in [-0.25, -0.2) is 4.98 Å². The summed E-state index contributed by atoms with van der Waals surface area (Å²) in [7, 11) is 0. The molecule has 0 fully saturated rings. The SMILES string of the molecule is CC(C)(C)c1cc(CNC(=O)c2ccc(C(=O)NCC(c3ccccc3)c3ccccc3)cc2)cc(C(C)(C)C)c1.c1cc2nc(c1)-c1cccc(n1)-c1ccc(cc1)OCCCCCCCCOc1ccc(cc1)CCC2. The van der Waals surface area contributed by atoms with Gasteiger partial charge >= 0.3 is 0 Å². The van der Waals surface area contributed by atoms with Crippen molar-refractivity contribution in [2.75, 3.05) is 19.8 Å². The Morgan fingerprint density at radius 3 is 1.51 bits per heavy atom. The third-order valence-corrected chi connectivity index (χ3v) is 14.3. The van der Waals surface area contributed by atoms with Crippen LogP contribution in [0.4, 0.5) is 0 Å². The second-order valence-electron chi connectivity index (χ2n) is 22.5. The van der Waals surface area contributed by atoms with Gasteiger partial charge in [-0.15, -0.1) is 0 Å². The molecule has 0 radical (unpaired) electrons. The number of hydrogen-bond acceptors (Lipinski definition) is 6. The van der Waals surface area contributed by atoms with Gasteiger partial charge < -0.3 is 20.1 Å². The van der Waals surface area contributed by atoms with Gasteiger partial charge in [0, 0.05) is 41.4 Å². The third-order valence-electron chi connectivity index (χ3n) is 14.3. The predicted octanol–water partition coefficient (Wildman–Crippen LogP) is 15.9. The standard InChI is InChI=1S/C37H42N2O2.C33H36N2O2/c1-36(2,3)31-21-26(22-32(23-31)37(4,5)6)24-38-34(40)29-17-19-30(20-18-29)35(41)39-25-33(27-13-9-7-10-14-27)28-15-11-8-12-16-28;1-2-4-6-25-37-30-22-18-27(19-23-30)31-13-9-15-33(35-31)32-14-8-12-28(34-32)11-7-10-26-16-20-29(21-17-26)36-24-5-3-1/h7-23,33H,24-25H2,1-6H3,(H,38,40)(H,39,41);8-9,12-23H,1-7,10-11,24-25H2. The Kier molecular flexibility index (Phi) is 19.8. The van der Waals surface area contributed by atoms with E-state index in [1.54, 1.807) is 24.3 Å². The lowest BCUT2D eigenvalue weighted by Gasteiger charge is -2.26. The number of carbonyl (C=O) groups excluding carboxylic acids is 2. The Hall–Kier alpha value is -7.84. The number of amides is 2. The molecule has 6 aromatic carbocycles. The van der Waals surface area contributed by atoms with Crippen LogP contribution in [0.2, 0.25) is 0 Å². The maximum atomic E-state index is 13.0. The monoisotopic (exact) mass is 1040 g/mol. The van der Waals surface area contributed by atoms with E-state index < -0.39 is 0 Å². The number of benzene rings is 6. The molecule has 2 N–H and O–H groups in total. The van der Waals surface area contributed by atoms with Crippen LogP contribution in [0.5, 0.6) is 11.5 Å². The molecule has 0 saturated carbocycles. The molecule has 8 heteroatoms. The minimum absolute atomic E-state index is 0.0125. The largest absolute Gasteiger partial charge is 0.494 e. The maximum absolute atomic E-state index is 13.0. The zero-order chi connectivity index (χ0) is 54.7. The summed E-state index contributed by atoms with van der Waals surface area (Å²) in [6, 6.07) is 63.1. The highest BCUT2D eigenvalue weighted by atomic mass is 16.5. The summed E-state index contributed by atoms with van der Waals surface area (Å²) in [5.74, 6) is 1.60. The van der Waals surface area contributed by atoms with E-state index in [0.29, 0.717) is 24.2 Å². The van der Waals surface area contributed by atoms with E-state index in [1.807, 2.05) is 60.7 Å². The minimum Gasteiger partial charge on any atom is -0.494 e. The van der Waals surface area contributed by atoms with Crippen molar-refractivity contribution in [3.8, 4) is 34.1 Å². The van der Waals surface area contributed by atoms with Crippen molar-refractivity contribution in [2.24, 2.45) is 0 Å². The van der Waals surface area contributed by atoms with E-state index in [2.05, 4.69) is 155 Å². The summed E-state index contributed by atoms with van der Waals surface area (Å²) in [4.78, 5) is 35.8. The van der Waals surface area contributed by atoms with Gasteiger partial charge in [0.25, 0.3) is 11.8 Å². The van der Waals surface area contributed by atoms with Gasteiger partial charge in [0.15, 0.2) is 0 Å². The maximum Gasteiger partial charge on any atom is 0.251 e. The van der Waals surface area contributed by atoms with Crippen LogP contribution in [-0.4, -0.2) is 41.5 Å². The van der Waals surface area contributed by atoms with Crippen molar-refractivity contribution in [1.29, 1.82) is 0 Å². The molecular weight excluding hydrogens is 961 g/mol. The number of aryl methyl sites for hydroxylation is 2. The van der Waals surface area contributed by atoms with Gasteiger partial charge in [-0.1, -0.05) is 170 Å². The Balaban J connectivity index is 0.000000207. The number of rotatable bonds is 8. The molecule has 0 atom stereocenters. The third kappa shape index (κ3) is 16.8. The Labute approximate surface area is 464 Å². The quantitative estimate of drug-likeness (QED) is 0.157. The molecule has 8 bridgehead atoms. The summed E-state index contributed by atoms with van der Waals surface area (Å²) >= 11 is 0. The van der Waals surface area contributed by atoms with Crippen LogP contribution in [-0.2, 0) is 30.2 Å². The van der Waals surface area contributed by atoms with Crippen molar-refractivity contribution >= 4 is 11.8 Å². The molecule has 2 aromatic heterocycles. The summed E-state index contributed by atoms with van der Waals surface area (Å²) in [5.41, 5.74) is 13.2. The van der Waals surface area contributed by atoms with Crippen LogP contribution in [0.1, 0.15) is 152 Å². The number of nitrogens with zero attached hydrogens (tertiary/aromatic N) is 2. The van der Waals surface area contributed by atoms with E-state index in [9.17, 15) is 9.59 Å². The molecule has 12 rings (SSSR count). The van der Waals surface area contributed by atoms with Gasteiger partial charge in [-0.05, 0) is 161 Å². The molecule has 4 aliphatic rings. The van der Waals surface area contributed by atoms with Crippen LogP contribution in [0.15, 0.2) is 188 Å². The molecular formula is C70H78N4O4. The topological polar surface area (TPSA) is 102 Å². The molecule has 2 amide bonds. The molecule has 0 aliphatic carbocycles. The average Bonchev–Trinajstić information content (AvgIpc) is 3.50. The predicted molar refractivity (Wildman–Crippen MR) is 319 cm³/mol. The van der Waals surface area contributed by atoms with Gasteiger partial charge in [-0.3, -0.25) is 14.6 Å². The Morgan fingerprint density at radius 1 is 0.474 bits per heavy atom. The van der Waals surface area contributed by atoms with Gasteiger partial charge in [0.1, 0.15) is 11.5 Å². The first-order chi connectivity index (χ1) is 37.7. The molecule has 8 aromatic rings. The average molecular weight is 1040 g/mol. The van der Waals surface area contributed by atoms with Gasteiger partial charge in [0.05, 0.1) is 30.3 Å². The molecule has 0 saturated heterocycles. The number of hydrogen-bond donors (Lipinski definition) is 2. The fourth-order valence-electron chi connectivity index (χ4n) is 9.55. The van der Waals surface area contributed by atoms with Gasteiger partial charge in [-0.2, -0.15) is 0 Å². The molecule has 0 unspecified atom stereocenters. The lowest BCUT2D eigenvalue weighted by molar-refractivity contribution is 0.0939. The lowest BCUT2D eigenvalue weighted by atomic mass is 9.79. The van der Waals surface area contributed by atoms with E-state index in [-0.39, 0.29) is 28.6 Å². The highest BCUT2D eigenvalue weighted by molar-refractivity contribution is 5.97. The van der Waals surface area contributed by atoms with Crippen molar-refractivity contribution < 1.29 is 19.1 Å². The fourth-order valence-corrected chi connectivity index (χ4v) is 9.55. The Morgan fingerprint density at radius 2 is 0.962 bits per heavy atom. The highest BCUT2D eigenvalue weighted by Crippen LogP contribution is 2.31. The highest BCUT2D eigenvalue weighted by Gasteiger charge is 2.21. The van der Waals surface area contributed by atoms with Crippen molar-refractivity contribution in [2.45, 2.75) is 123 Å². The van der Waals surface area contributed by atoms with Crippen LogP contribution in [0.25, 0.3) is 22.6 Å². The minimum atomic E-state index is -0.164. The van der Waals surface area contributed by atoms with Crippen molar-refractivity contribution in [3.63, 3.8) is 0 Å². The van der Waals surface area contributed by atoms with E-state index in [4.69, 9.17) is 19.4 Å². The van der Waals surface area contributed by atoms with Crippen molar-refractivity contribution in [1.82, 2.24) is 20.6 Å². The normalized spacial score (nSPS) is 13.5. The van der Waals surface area contributed by atoms with E-state index in [0.717, 1.165) is 102 Å². The zero-order valence-electron chi connectivity index (χ0n) is 46.7. The summed E-state index contributed by atoms with van der Waals surface area (Å²) in [6.45, 7) is 15.7. The van der Waals surface area contributed by atoms with E-state index in [1.165, 1.54) is 42.4 Å². The van der Waals surface area contributed by atoms with Gasteiger partial charge in [0.2, 0.25) is 0 Å². The molecule has 6 heterocycles. The Bertz CT molecular complexity index is 3070. The summed E-state index contributed by atoms with van der Waals surface area (Å²) < 4.78 is 11.9. The first-order valence-corrected chi connectivity index (χ1v) is 28.0. The smallest absolute Gasteiger partial charge is 0.251 e. The van der Waals surface area contributed by atoms with Crippen molar-refractivity contribution in [3.05, 3.63) is 238 Å². The van der Waals surface area contributed by atoms with Crippen LogP contribution < -0.4 is 20.1 Å².